The number of likely N-dealkylation sites (N-methyl/N-ethyl adjacent to an activating group) is 1. The van der Waals surface area contributed by atoms with Crippen molar-refractivity contribution in [2.45, 2.75) is 24.9 Å². The van der Waals surface area contributed by atoms with Gasteiger partial charge in [-0.05, 0) is 37.6 Å². The number of para-hydroxylation sites is 1. The Kier molecular flexibility index (Phi) is 5.64. The number of anilines is 1. The monoisotopic (exact) mass is 378 g/mol. The zero-order valence-electron chi connectivity index (χ0n) is 16.6. The van der Waals surface area contributed by atoms with Crippen molar-refractivity contribution in [3.05, 3.63) is 65.7 Å². The Labute approximate surface area is 167 Å². The van der Waals surface area contributed by atoms with Crippen LogP contribution in [0.3, 0.4) is 0 Å². The number of carbonyl (C=O) groups is 1. The number of benzene rings is 2. The van der Waals surface area contributed by atoms with Crippen LogP contribution >= 0.6 is 0 Å². The van der Waals surface area contributed by atoms with Gasteiger partial charge < -0.3 is 20.4 Å². The van der Waals surface area contributed by atoms with Crippen molar-refractivity contribution >= 4 is 11.6 Å². The molecule has 0 aromatic heterocycles. The zero-order chi connectivity index (χ0) is 19.5. The van der Waals surface area contributed by atoms with Crippen LogP contribution in [-0.4, -0.2) is 61.5 Å². The van der Waals surface area contributed by atoms with E-state index in [2.05, 4.69) is 52.1 Å². The number of nitrogens with zero attached hydrogens (tertiary/aromatic N) is 3. The van der Waals surface area contributed by atoms with Crippen molar-refractivity contribution in [3.8, 4) is 0 Å². The van der Waals surface area contributed by atoms with E-state index in [1.165, 1.54) is 5.56 Å². The van der Waals surface area contributed by atoms with E-state index in [1.54, 1.807) is 0 Å². The van der Waals surface area contributed by atoms with Crippen LogP contribution in [0.1, 0.15) is 34.8 Å². The summed E-state index contributed by atoms with van der Waals surface area (Å²) in [4.78, 5) is 20.4. The number of nitrogens with two attached hydrogens (primary N) is 1. The molecule has 148 valence electrons. The lowest BCUT2D eigenvalue weighted by atomic mass is 9.99. The predicted molar refractivity (Wildman–Crippen MR) is 114 cm³/mol. The van der Waals surface area contributed by atoms with Crippen LogP contribution in [0.25, 0.3) is 0 Å². The molecule has 0 bridgehead atoms. The van der Waals surface area contributed by atoms with Crippen LogP contribution in [0.4, 0.5) is 5.69 Å². The van der Waals surface area contributed by atoms with Crippen LogP contribution < -0.4 is 10.6 Å². The molecule has 1 atom stereocenters. The van der Waals surface area contributed by atoms with Crippen LogP contribution in [0.15, 0.2) is 54.6 Å². The lowest BCUT2D eigenvalue weighted by Gasteiger charge is -2.41. The highest BCUT2D eigenvalue weighted by Gasteiger charge is 2.32. The van der Waals surface area contributed by atoms with Crippen molar-refractivity contribution in [1.29, 1.82) is 0 Å². The molecule has 1 amide bonds. The second-order valence-electron chi connectivity index (χ2n) is 8.03. The van der Waals surface area contributed by atoms with E-state index in [0.717, 1.165) is 56.8 Å². The molecule has 4 rings (SSSR count). The maximum Gasteiger partial charge on any atom is 0.256 e. The van der Waals surface area contributed by atoms with Crippen molar-refractivity contribution < 1.29 is 4.79 Å². The fourth-order valence-electron chi connectivity index (χ4n) is 4.35. The van der Waals surface area contributed by atoms with E-state index >= 15 is 0 Å². The van der Waals surface area contributed by atoms with Crippen LogP contribution in [0.2, 0.25) is 0 Å². The van der Waals surface area contributed by atoms with Gasteiger partial charge in [-0.25, -0.2) is 0 Å². The van der Waals surface area contributed by atoms with Crippen molar-refractivity contribution in [2.24, 2.45) is 5.73 Å². The molecule has 2 N–H and O–H groups in total. The second-order valence-corrected chi connectivity index (χ2v) is 8.03. The van der Waals surface area contributed by atoms with Gasteiger partial charge >= 0.3 is 0 Å². The first-order chi connectivity index (χ1) is 13.6. The molecule has 1 unspecified atom stereocenters. The summed E-state index contributed by atoms with van der Waals surface area (Å²) in [5.41, 5.74) is 9.13. The summed E-state index contributed by atoms with van der Waals surface area (Å²) < 4.78 is 0. The van der Waals surface area contributed by atoms with E-state index in [0.29, 0.717) is 0 Å². The average Bonchev–Trinajstić information content (AvgIpc) is 2.74. The van der Waals surface area contributed by atoms with Gasteiger partial charge in [-0.3, -0.25) is 4.79 Å². The maximum absolute atomic E-state index is 13.7. The molecule has 2 fully saturated rings. The van der Waals surface area contributed by atoms with Gasteiger partial charge in [0.1, 0.15) is 0 Å². The Bertz CT molecular complexity index is 801. The summed E-state index contributed by atoms with van der Waals surface area (Å²) in [6, 6.07) is 18.8. The first-order valence-corrected chi connectivity index (χ1v) is 10.3. The standard InChI is InChI=1S/C23H30N4O/c1-25-15-16-27(22(17-25)18-7-3-2-4-8-18)23(28)20-9-5-6-10-21(20)26-13-11-19(24)12-14-26/h2-10,19,22H,11-17,24H2,1H3. The highest BCUT2D eigenvalue weighted by Crippen LogP contribution is 2.30. The van der Waals surface area contributed by atoms with E-state index in [1.807, 2.05) is 24.3 Å². The summed E-state index contributed by atoms with van der Waals surface area (Å²) in [7, 11) is 2.13. The minimum absolute atomic E-state index is 0.0790. The van der Waals surface area contributed by atoms with Gasteiger partial charge in [0, 0.05) is 44.5 Å². The van der Waals surface area contributed by atoms with Gasteiger partial charge in [0.2, 0.25) is 0 Å². The van der Waals surface area contributed by atoms with Gasteiger partial charge in [-0.15, -0.1) is 0 Å². The Hall–Kier alpha value is -2.37. The molecule has 2 aliphatic heterocycles. The molecule has 0 aliphatic carbocycles. The average molecular weight is 379 g/mol. The topological polar surface area (TPSA) is 52.8 Å². The highest BCUT2D eigenvalue weighted by atomic mass is 16.2. The fraction of sp³-hybridized carbons (Fsp3) is 0.435. The van der Waals surface area contributed by atoms with E-state index in [-0.39, 0.29) is 18.0 Å². The molecule has 5 nitrogen and oxygen atoms in total. The number of hydrogen-bond acceptors (Lipinski definition) is 4. The molecule has 2 aromatic rings. The molecule has 2 aliphatic rings. The molecule has 0 saturated carbocycles. The quantitative estimate of drug-likeness (QED) is 0.892. The highest BCUT2D eigenvalue weighted by molar-refractivity contribution is 6.00. The number of amides is 1. The first-order valence-electron chi connectivity index (χ1n) is 10.3. The third-order valence-electron chi connectivity index (χ3n) is 6.04. The molecule has 2 heterocycles. The predicted octanol–water partition coefficient (Wildman–Crippen LogP) is 2.74. The van der Waals surface area contributed by atoms with Crippen LogP contribution in [0.5, 0.6) is 0 Å². The summed E-state index contributed by atoms with van der Waals surface area (Å²) in [6.07, 6.45) is 1.95. The van der Waals surface area contributed by atoms with Crippen LogP contribution in [0, 0.1) is 0 Å². The molecular formula is C23H30N4O. The molecule has 0 spiro atoms. The molecule has 2 aromatic carbocycles. The Balaban J connectivity index is 1.63. The van der Waals surface area contributed by atoms with Gasteiger partial charge in [0.05, 0.1) is 11.6 Å². The lowest BCUT2D eigenvalue weighted by molar-refractivity contribution is 0.0498. The minimum atomic E-state index is 0.0790. The Morgan fingerprint density at radius 1 is 0.929 bits per heavy atom. The van der Waals surface area contributed by atoms with Gasteiger partial charge in [0.15, 0.2) is 0 Å². The van der Waals surface area contributed by atoms with Crippen LogP contribution in [-0.2, 0) is 0 Å². The summed E-state index contributed by atoms with van der Waals surface area (Å²) in [6.45, 7) is 4.33. The fourth-order valence-corrected chi connectivity index (χ4v) is 4.35. The molecular weight excluding hydrogens is 348 g/mol. The number of rotatable bonds is 3. The summed E-state index contributed by atoms with van der Waals surface area (Å²) >= 11 is 0. The summed E-state index contributed by atoms with van der Waals surface area (Å²) in [5.74, 6) is 0.132. The third-order valence-corrected chi connectivity index (χ3v) is 6.04. The van der Waals surface area contributed by atoms with E-state index < -0.39 is 0 Å². The third kappa shape index (κ3) is 3.91. The lowest BCUT2D eigenvalue weighted by Crippen LogP contribution is -2.49. The minimum Gasteiger partial charge on any atom is -0.371 e. The SMILES string of the molecule is CN1CCN(C(=O)c2ccccc2N2CCC(N)CC2)C(c2ccccc2)C1. The first kappa shape index (κ1) is 19.0. The normalized spacial score (nSPS) is 21.7. The van der Waals surface area contributed by atoms with Crippen molar-refractivity contribution in [1.82, 2.24) is 9.80 Å². The number of piperazine rings is 1. The maximum atomic E-state index is 13.7. The molecule has 28 heavy (non-hydrogen) atoms. The molecule has 2 saturated heterocycles. The van der Waals surface area contributed by atoms with Gasteiger partial charge in [-0.1, -0.05) is 42.5 Å². The van der Waals surface area contributed by atoms with Gasteiger partial charge in [0.25, 0.3) is 5.91 Å². The number of piperidine rings is 1. The molecule has 5 heteroatoms. The van der Waals surface area contributed by atoms with Crippen molar-refractivity contribution in [2.75, 3.05) is 44.7 Å². The largest absolute Gasteiger partial charge is 0.371 e. The van der Waals surface area contributed by atoms with E-state index in [9.17, 15) is 4.79 Å². The summed E-state index contributed by atoms with van der Waals surface area (Å²) in [5, 5.41) is 0. The smallest absolute Gasteiger partial charge is 0.256 e. The van der Waals surface area contributed by atoms with E-state index in [4.69, 9.17) is 5.73 Å². The Morgan fingerprint density at radius 2 is 1.61 bits per heavy atom. The van der Waals surface area contributed by atoms with Gasteiger partial charge in [-0.2, -0.15) is 0 Å². The Morgan fingerprint density at radius 3 is 2.36 bits per heavy atom. The zero-order valence-corrected chi connectivity index (χ0v) is 16.6. The number of hydrogen-bond donors (Lipinski definition) is 1. The molecule has 0 radical (unpaired) electrons. The van der Waals surface area contributed by atoms with Crippen molar-refractivity contribution in [3.63, 3.8) is 0 Å². The number of carbonyl (C=O) groups excluding carboxylic acids is 1. The second kappa shape index (κ2) is 8.33.